The van der Waals surface area contributed by atoms with E-state index < -0.39 is 5.41 Å². The third kappa shape index (κ3) is 4.05. The highest BCUT2D eigenvalue weighted by Crippen LogP contribution is 2.36. The predicted octanol–water partition coefficient (Wildman–Crippen LogP) is 4.28. The van der Waals surface area contributed by atoms with Gasteiger partial charge in [0, 0.05) is 47.9 Å². The fraction of sp³-hybridized carbons (Fsp3) is 0.348. The molecule has 0 bridgehead atoms. The van der Waals surface area contributed by atoms with Crippen molar-refractivity contribution in [3.05, 3.63) is 64.8 Å². The number of amides is 1. The molecule has 6 heteroatoms. The molecule has 0 aliphatic carbocycles. The van der Waals surface area contributed by atoms with Gasteiger partial charge in [-0.2, -0.15) is 0 Å². The van der Waals surface area contributed by atoms with Gasteiger partial charge in [-0.05, 0) is 54.8 Å². The maximum Gasteiger partial charge on any atom is 0.230 e. The molecule has 1 amide bonds. The van der Waals surface area contributed by atoms with E-state index in [1.165, 1.54) is 10.9 Å². The minimum atomic E-state index is -0.547. The van der Waals surface area contributed by atoms with Crippen LogP contribution in [0.5, 0.6) is 5.75 Å². The van der Waals surface area contributed by atoms with Crippen LogP contribution in [0.1, 0.15) is 18.4 Å². The summed E-state index contributed by atoms with van der Waals surface area (Å²) in [7, 11) is 1.65. The second-order valence-corrected chi connectivity index (χ2v) is 8.31. The van der Waals surface area contributed by atoms with E-state index in [4.69, 9.17) is 9.47 Å². The highest BCUT2D eigenvalue weighted by molar-refractivity contribution is 9.10. The molecule has 1 aliphatic rings. The van der Waals surface area contributed by atoms with E-state index in [2.05, 4.69) is 50.2 Å². The summed E-state index contributed by atoms with van der Waals surface area (Å²) in [5.41, 5.74) is 1.64. The molecule has 5 nitrogen and oxygen atoms in total. The van der Waals surface area contributed by atoms with Gasteiger partial charge in [0.1, 0.15) is 5.75 Å². The first-order valence-corrected chi connectivity index (χ1v) is 10.7. The number of nitrogens with zero attached hydrogens (tertiary/aromatic N) is 1. The number of fused-ring (bicyclic) bond motifs is 1. The molecule has 2 heterocycles. The van der Waals surface area contributed by atoms with Crippen LogP contribution < -0.4 is 10.1 Å². The van der Waals surface area contributed by atoms with E-state index in [1.54, 1.807) is 7.11 Å². The lowest BCUT2D eigenvalue weighted by atomic mass is 9.73. The number of rotatable bonds is 6. The summed E-state index contributed by atoms with van der Waals surface area (Å²) >= 11 is 3.51. The third-order valence-electron chi connectivity index (χ3n) is 5.79. The van der Waals surface area contributed by atoms with Gasteiger partial charge in [-0.3, -0.25) is 4.79 Å². The van der Waals surface area contributed by atoms with Gasteiger partial charge in [-0.15, -0.1) is 0 Å². The Morgan fingerprint density at radius 1 is 1.17 bits per heavy atom. The molecule has 152 valence electrons. The van der Waals surface area contributed by atoms with Crippen molar-refractivity contribution in [2.45, 2.75) is 24.8 Å². The highest BCUT2D eigenvalue weighted by Gasteiger charge is 2.41. The number of carbonyl (C=O) groups excluding carboxylic acids is 1. The number of hydrogen-bond acceptors (Lipinski definition) is 3. The molecule has 1 fully saturated rings. The maximum absolute atomic E-state index is 13.3. The molecule has 1 N–H and O–H groups in total. The number of ether oxygens (including phenoxy) is 2. The molecule has 0 radical (unpaired) electrons. The van der Waals surface area contributed by atoms with Crippen molar-refractivity contribution in [3.63, 3.8) is 0 Å². The number of methoxy groups -OCH3 is 1. The van der Waals surface area contributed by atoms with Crippen LogP contribution in [0.3, 0.4) is 0 Å². The molecule has 1 aromatic heterocycles. The smallest absolute Gasteiger partial charge is 0.230 e. The zero-order chi connectivity index (χ0) is 20.3. The molecule has 0 unspecified atom stereocenters. The summed E-state index contributed by atoms with van der Waals surface area (Å²) in [6.07, 6.45) is 3.44. The molecule has 1 aliphatic heterocycles. The Labute approximate surface area is 179 Å². The first-order valence-electron chi connectivity index (χ1n) is 9.87. The van der Waals surface area contributed by atoms with Gasteiger partial charge in [-0.25, -0.2) is 0 Å². The first-order chi connectivity index (χ1) is 14.1. The van der Waals surface area contributed by atoms with Gasteiger partial charge < -0.3 is 19.4 Å². The summed E-state index contributed by atoms with van der Waals surface area (Å²) in [5.74, 6) is 0.868. The van der Waals surface area contributed by atoms with E-state index in [0.717, 1.165) is 22.3 Å². The van der Waals surface area contributed by atoms with Crippen molar-refractivity contribution in [2.24, 2.45) is 0 Å². The molecule has 3 aromatic rings. The lowest BCUT2D eigenvalue weighted by molar-refractivity contribution is -0.130. The number of benzene rings is 2. The molecule has 0 atom stereocenters. The van der Waals surface area contributed by atoms with Crippen LogP contribution in [0.2, 0.25) is 0 Å². The van der Waals surface area contributed by atoms with Crippen LogP contribution in [-0.4, -0.2) is 37.3 Å². The lowest BCUT2D eigenvalue weighted by Crippen LogP contribution is -2.48. The van der Waals surface area contributed by atoms with Gasteiger partial charge in [0.15, 0.2) is 0 Å². The predicted molar refractivity (Wildman–Crippen MR) is 117 cm³/mol. The Balaban J connectivity index is 1.47. The fourth-order valence-electron chi connectivity index (χ4n) is 4.10. The minimum Gasteiger partial charge on any atom is -0.497 e. The zero-order valence-corrected chi connectivity index (χ0v) is 18.1. The number of aromatic nitrogens is 1. The van der Waals surface area contributed by atoms with Gasteiger partial charge in [0.05, 0.1) is 12.5 Å². The van der Waals surface area contributed by atoms with Crippen molar-refractivity contribution >= 4 is 32.7 Å². The van der Waals surface area contributed by atoms with Crippen LogP contribution in [0, 0.1) is 0 Å². The summed E-state index contributed by atoms with van der Waals surface area (Å²) < 4.78 is 14.1. The van der Waals surface area contributed by atoms with Gasteiger partial charge in [0.25, 0.3) is 0 Å². The Kier molecular flexibility index (Phi) is 5.92. The molecule has 1 saturated heterocycles. The Morgan fingerprint density at radius 3 is 2.66 bits per heavy atom. The zero-order valence-electron chi connectivity index (χ0n) is 16.5. The summed E-state index contributed by atoms with van der Waals surface area (Å²) in [6.45, 7) is 2.50. The van der Waals surface area contributed by atoms with E-state index >= 15 is 0 Å². The van der Waals surface area contributed by atoms with Crippen molar-refractivity contribution in [3.8, 4) is 5.75 Å². The lowest BCUT2D eigenvalue weighted by Gasteiger charge is -2.36. The van der Waals surface area contributed by atoms with Gasteiger partial charge in [-0.1, -0.05) is 28.1 Å². The largest absolute Gasteiger partial charge is 0.497 e. The second kappa shape index (κ2) is 8.59. The number of halogens is 1. The van der Waals surface area contributed by atoms with Crippen molar-refractivity contribution in [1.29, 1.82) is 0 Å². The number of nitrogens with one attached hydrogen (secondary N) is 1. The van der Waals surface area contributed by atoms with Crippen LogP contribution in [0.25, 0.3) is 10.9 Å². The quantitative estimate of drug-likeness (QED) is 0.602. The topological polar surface area (TPSA) is 52.5 Å². The number of hydrogen-bond donors (Lipinski definition) is 1. The van der Waals surface area contributed by atoms with Crippen LogP contribution >= 0.6 is 15.9 Å². The standard InChI is InChI=1S/C23H25BrN2O3/c1-28-20-5-2-18(3-6-20)23(9-14-29-15-10-23)22(27)25-11-13-26-12-8-17-16-19(24)4-7-21(17)26/h2-8,12,16H,9-11,13-15H2,1H3,(H,25,27). The summed E-state index contributed by atoms with van der Waals surface area (Å²) in [5, 5.41) is 4.36. The molecule has 0 spiro atoms. The van der Waals surface area contributed by atoms with E-state index in [9.17, 15) is 4.79 Å². The third-order valence-corrected chi connectivity index (χ3v) is 6.29. The average Bonchev–Trinajstić information content (AvgIpc) is 3.16. The van der Waals surface area contributed by atoms with E-state index in [0.29, 0.717) is 32.6 Å². The van der Waals surface area contributed by atoms with Crippen LogP contribution in [0.15, 0.2) is 59.2 Å². The number of carbonyl (C=O) groups is 1. The van der Waals surface area contributed by atoms with E-state index in [1.807, 2.05) is 30.3 Å². The van der Waals surface area contributed by atoms with Crippen molar-refractivity contribution in [2.75, 3.05) is 26.9 Å². The SMILES string of the molecule is COc1ccc(C2(C(=O)NCCn3ccc4cc(Br)ccc43)CCOCC2)cc1. The Hall–Kier alpha value is -2.31. The Bertz CT molecular complexity index is 991. The maximum atomic E-state index is 13.3. The van der Waals surface area contributed by atoms with E-state index in [-0.39, 0.29) is 5.91 Å². The van der Waals surface area contributed by atoms with Crippen LogP contribution in [-0.2, 0) is 21.5 Å². The molecule has 4 rings (SSSR count). The monoisotopic (exact) mass is 456 g/mol. The van der Waals surface area contributed by atoms with Crippen molar-refractivity contribution in [1.82, 2.24) is 9.88 Å². The van der Waals surface area contributed by atoms with Crippen molar-refractivity contribution < 1.29 is 14.3 Å². The minimum absolute atomic E-state index is 0.0742. The normalized spacial score (nSPS) is 15.9. The average molecular weight is 457 g/mol. The fourth-order valence-corrected chi connectivity index (χ4v) is 4.48. The first kappa shape index (κ1) is 20.0. The van der Waals surface area contributed by atoms with Crippen LogP contribution in [0.4, 0.5) is 0 Å². The summed E-state index contributed by atoms with van der Waals surface area (Å²) in [6, 6.07) is 16.2. The second-order valence-electron chi connectivity index (χ2n) is 7.39. The molecular formula is C23H25BrN2O3. The molecular weight excluding hydrogens is 432 g/mol. The molecule has 0 saturated carbocycles. The molecule has 29 heavy (non-hydrogen) atoms. The Morgan fingerprint density at radius 2 is 1.93 bits per heavy atom. The summed E-state index contributed by atoms with van der Waals surface area (Å²) in [4.78, 5) is 13.3. The van der Waals surface area contributed by atoms with Gasteiger partial charge >= 0.3 is 0 Å². The van der Waals surface area contributed by atoms with Gasteiger partial charge in [0.2, 0.25) is 5.91 Å². The highest BCUT2D eigenvalue weighted by atomic mass is 79.9. The molecule has 2 aromatic carbocycles.